The third-order valence-corrected chi connectivity index (χ3v) is 6.39. The maximum Gasteiger partial charge on any atom is 0.432 e. The van der Waals surface area contributed by atoms with Gasteiger partial charge in [0, 0.05) is 12.0 Å². The fourth-order valence-electron chi connectivity index (χ4n) is 3.96. The van der Waals surface area contributed by atoms with E-state index in [0.29, 0.717) is 12.1 Å². The highest BCUT2D eigenvalue weighted by Crippen LogP contribution is 2.38. The van der Waals surface area contributed by atoms with Crippen molar-refractivity contribution in [3.8, 4) is 28.0 Å². The Labute approximate surface area is 235 Å². The van der Waals surface area contributed by atoms with Crippen LogP contribution >= 0.6 is 11.6 Å². The molecule has 41 heavy (non-hydrogen) atoms. The van der Waals surface area contributed by atoms with E-state index >= 15 is 0 Å². The van der Waals surface area contributed by atoms with E-state index in [0.717, 1.165) is 24.3 Å². The Morgan fingerprint density at radius 3 is 1.68 bits per heavy atom. The summed E-state index contributed by atoms with van der Waals surface area (Å²) in [6.07, 6.45) is -2.97. The summed E-state index contributed by atoms with van der Waals surface area (Å²) in [6.45, 7) is 3.43. The summed E-state index contributed by atoms with van der Waals surface area (Å²) in [5, 5.41) is -0.697. The molecule has 0 spiro atoms. The molecule has 0 fully saturated rings. The molecule has 0 aliphatic carbocycles. The molecule has 0 radical (unpaired) electrons. The van der Waals surface area contributed by atoms with E-state index in [4.69, 9.17) is 11.6 Å². The molecule has 0 N–H and O–H groups in total. The number of halogens is 9. The lowest BCUT2D eigenvalue weighted by atomic mass is 10.0. The van der Waals surface area contributed by atoms with E-state index < -0.39 is 57.4 Å². The van der Waals surface area contributed by atoms with Gasteiger partial charge >= 0.3 is 6.11 Å². The van der Waals surface area contributed by atoms with Gasteiger partial charge in [-0.1, -0.05) is 54.1 Å². The van der Waals surface area contributed by atoms with Gasteiger partial charge in [-0.25, -0.2) is 26.3 Å². The monoisotopic (exact) mass is 594 g/mol. The molecule has 0 aromatic heterocycles. The van der Waals surface area contributed by atoms with Gasteiger partial charge in [0.2, 0.25) is 0 Å². The molecule has 0 saturated carbocycles. The molecule has 4 aromatic carbocycles. The summed E-state index contributed by atoms with van der Waals surface area (Å²) in [5.74, 6) is -7.82. The molecule has 0 saturated heterocycles. The van der Waals surface area contributed by atoms with Crippen LogP contribution in [-0.2, 0) is 6.11 Å². The Morgan fingerprint density at radius 1 is 0.732 bits per heavy atom. The molecule has 0 heterocycles. The fraction of sp³-hybridized carbons (Fsp3) is 0.0968. The smallest absolute Gasteiger partial charge is 0.429 e. The summed E-state index contributed by atoms with van der Waals surface area (Å²) < 4.78 is 120. The van der Waals surface area contributed by atoms with Crippen LogP contribution in [0.2, 0.25) is 5.02 Å². The van der Waals surface area contributed by atoms with Gasteiger partial charge in [0.15, 0.2) is 5.83 Å². The minimum Gasteiger partial charge on any atom is -0.429 e. The molecule has 4 rings (SSSR count). The van der Waals surface area contributed by atoms with Gasteiger partial charge in [-0.2, -0.15) is 8.78 Å². The third kappa shape index (κ3) is 6.62. The third-order valence-electron chi connectivity index (χ3n) is 6.03. The van der Waals surface area contributed by atoms with Gasteiger partial charge < -0.3 is 4.74 Å². The van der Waals surface area contributed by atoms with Crippen LogP contribution in [0.15, 0.2) is 91.3 Å². The average Bonchev–Trinajstić information content (AvgIpc) is 2.93. The van der Waals surface area contributed by atoms with Gasteiger partial charge in [-0.3, -0.25) is 0 Å². The van der Waals surface area contributed by atoms with Crippen LogP contribution in [0, 0.1) is 23.3 Å². The molecule has 0 unspecified atom stereocenters. The van der Waals surface area contributed by atoms with Crippen molar-refractivity contribution < 1.29 is 39.9 Å². The largest absolute Gasteiger partial charge is 0.432 e. The van der Waals surface area contributed by atoms with E-state index in [1.807, 2.05) is 0 Å². The van der Waals surface area contributed by atoms with Crippen molar-refractivity contribution in [2.24, 2.45) is 0 Å². The zero-order valence-corrected chi connectivity index (χ0v) is 21.7. The van der Waals surface area contributed by atoms with Crippen molar-refractivity contribution in [2.75, 3.05) is 0 Å². The molecule has 1 nitrogen and oxygen atoms in total. The first-order chi connectivity index (χ1) is 19.4. The van der Waals surface area contributed by atoms with Crippen LogP contribution in [0.25, 0.3) is 28.1 Å². The number of hydrogen-bond acceptors (Lipinski definition) is 1. The molecule has 0 aliphatic heterocycles. The van der Waals surface area contributed by atoms with Crippen LogP contribution in [0.1, 0.15) is 24.0 Å². The molecule has 0 atom stereocenters. The zero-order chi connectivity index (χ0) is 29.9. The normalized spacial score (nSPS) is 12.2. The van der Waals surface area contributed by atoms with Gasteiger partial charge in [-0.05, 0) is 65.1 Å². The quantitative estimate of drug-likeness (QED) is 0.106. The van der Waals surface area contributed by atoms with Crippen molar-refractivity contribution in [1.29, 1.82) is 0 Å². The summed E-state index contributed by atoms with van der Waals surface area (Å²) in [7, 11) is 0. The van der Waals surface area contributed by atoms with Gasteiger partial charge in [0.1, 0.15) is 45.4 Å². The van der Waals surface area contributed by atoms with E-state index in [-0.39, 0.29) is 40.7 Å². The molecule has 0 bridgehead atoms. The lowest BCUT2D eigenvalue weighted by Crippen LogP contribution is -2.25. The van der Waals surface area contributed by atoms with Crippen LogP contribution in [0.4, 0.5) is 35.1 Å². The van der Waals surface area contributed by atoms with Crippen LogP contribution in [0.5, 0.6) is 5.75 Å². The topological polar surface area (TPSA) is 9.23 Å². The highest BCUT2D eigenvalue weighted by Gasteiger charge is 2.41. The number of allylic oxidation sites excluding steroid dienone is 2. The van der Waals surface area contributed by atoms with E-state index in [9.17, 15) is 35.1 Å². The Balaban J connectivity index is 1.55. The number of rotatable bonds is 9. The Morgan fingerprint density at radius 2 is 1.20 bits per heavy atom. The zero-order valence-electron chi connectivity index (χ0n) is 20.9. The maximum absolute atomic E-state index is 14.9. The second kappa shape index (κ2) is 12.2. The molecule has 0 aliphatic rings. The van der Waals surface area contributed by atoms with Crippen LogP contribution < -0.4 is 4.74 Å². The molecule has 212 valence electrons. The number of alkyl halides is 2. The van der Waals surface area contributed by atoms with Crippen LogP contribution in [-0.4, -0.2) is 0 Å². The SMILES string of the molecule is C=CCC/C(F)=C(\F)c1ccc(-c2cc(F)c(C(F)(F)Oc3ccc(-c4cc(F)c(Cl)c(F)c4)cc3)c(F)c2)cc1. The Bertz CT molecular complexity index is 1570. The molecular weight excluding hydrogens is 576 g/mol. The minimum atomic E-state index is -4.45. The highest BCUT2D eigenvalue weighted by atomic mass is 35.5. The summed E-state index contributed by atoms with van der Waals surface area (Å²) in [6, 6.07) is 12.6. The predicted molar refractivity (Wildman–Crippen MR) is 142 cm³/mol. The standard InChI is InChI=1S/C31H19ClF8O/c1-2-3-4-23(33)30(38)19-7-5-17(6-8-19)20-13-24(34)28(25(35)14-20)31(39,40)41-22-11-9-18(10-12-22)21-15-26(36)29(32)27(37)16-21/h2,5-16H,1,3-4H2/b30-23+. The summed E-state index contributed by atoms with van der Waals surface area (Å²) in [4.78, 5) is 0. The second-order valence-corrected chi connectivity index (χ2v) is 9.21. The minimum absolute atomic E-state index is 0.0695. The Kier molecular flexibility index (Phi) is 8.87. The lowest BCUT2D eigenvalue weighted by Gasteiger charge is -2.20. The molecule has 10 heteroatoms. The predicted octanol–water partition coefficient (Wildman–Crippen LogP) is 10.9. The van der Waals surface area contributed by atoms with Crippen molar-refractivity contribution in [2.45, 2.75) is 19.0 Å². The first-order valence-electron chi connectivity index (χ1n) is 12.0. The molecule has 4 aromatic rings. The fourth-order valence-corrected chi connectivity index (χ4v) is 4.07. The number of ether oxygens (including phenoxy) is 1. The summed E-state index contributed by atoms with van der Waals surface area (Å²) >= 11 is 5.46. The van der Waals surface area contributed by atoms with Crippen LogP contribution in [0.3, 0.4) is 0 Å². The van der Waals surface area contributed by atoms with Gasteiger partial charge in [-0.15, -0.1) is 6.58 Å². The second-order valence-electron chi connectivity index (χ2n) is 8.84. The van der Waals surface area contributed by atoms with Crippen molar-refractivity contribution >= 4 is 17.4 Å². The maximum atomic E-state index is 14.9. The molecule has 0 amide bonds. The highest BCUT2D eigenvalue weighted by molar-refractivity contribution is 6.31. The van der Waals surface area contributed by atoms with Gasteiger partial charge in [0.25, 0.3) is 0 Å². The summed E-state index contributed by atoms with van der Waals surface area (Å²) in [5.41, 5.74) is -1.42. The Hall–Kier alpha value is -4.11. The van der Waals surface area contributed by atoms with E-state index in [1.54, 1.807) is 0 Å². The van der Waals surface area contributed by atoms with Crippen molar-refractivity contribution in [1.82, 2.24) is 0 Å². The van der Waals surface area contributed by atoms with Crippen molar-refractivity contribution in [3.63, 3.8) is 0 Å². The van der Waals surface area contributed by atoms with Gasteiger partial charge in [0.05, 0.1) is 0 Å². The van der Waals surface area contributed by atoms with E-state index in [2.05, 4.69) is 11.3 Å². The first-order valence-corrected chi connectivity index (χ1v) is 12.4. The number of benzene rings is 4. The van der Waals surface area contributed by atoms with Crippen molar-refractivity contribution in [3.05, 3.63) is 131 Å². The lowest BCUT2D eigenvalue weighted by molar-refractivity contribution is -0.189. The number of hydrogen-bond donors (Lipinski definition) is 0. The van der Waals surface area contributed by atoms with E-state index in [1.165, 1.54) is 42.5 Å². The molecular formula is C31H19ClF8O. The first kappa shape index (κ1) is 29.9. The average molecular weight is 595 g/mol.